The quantitative estimate of drug-likeness (QED) is 0.190. The molecule has 2 aliphatic heterocycles. The van der Waals surface area contributed by atoms with Gasteiger partial charge >= 0.3 is 0 Å². The van der Waals surface area contributed by atoms with Gasteiger partial charge in [0.1, 0.15) is 23.5 Å². The minimum Gasteiger partial charge on any atom is -0.457 e. The molecule has 282 valence electrons. The Bertz CT molecular complexity index is 3160. The summed E-state index contributed by atoms with van der Waals surface area (Å²) in [6.07, 6.45) is 1.51. The number of hydrogen-bond acceptors (Lipinski definition) is 5. The Morgan fingerprint density at radius 2 is 1.02 bits per heavy atom. The second-order valence-electron chi connectivity index (χ2n) is 15.6. The van der Waals surface area contributed by atoms with Crippen molar-refractivity contribution in [2.45, 2.75) is 11.6 Å². The lowest BCUT2D eigenvalue weighted by Crippen LogP contribution is -2.34. The van der Waals surface area contributed by atoms with Crippen LogP contribution >= 0.6 is 0 Å². The molecule has 60 heavy (non-hydrogen) atoms. The SMILES string of the molecule is c1ccc(C2=NC(c3ccc4c(c3)C3(c5cc(-c6cccc7cccnc67)ccc5O4)c4ccccc4-c4ccccc43)=NC(c3ccc(-c4ccccc4)cc3)N2)cc1. The van der Waals surface area contributed by atoms with Crippen molar-refractivity contribution in [2.24, 2.45) is 9.98 Å². The zero-order valence-corrected chi connectivity index (χ0v) is 32.5. The topological polar surface area (TPSA) is 58.9 Å². The summed E-state index contributed by atoms with van der Waals surface area (Å²) < 4.78 is 6.94. The Morgan fingerprint density at radius 1 is 0.450 bits per heavy atom. The normalized spacial score (nSPS) is 15.4. The summed E-state index contributed by atoms with van der Waals surface area (Å²) in [5, 5.41) is 4.77. The van der Waals surface area contributed by atoms with Crippen molar-refractivity contribution < 1.29 is 4.74 Å². The molecule has 5 nitrogen and oxygen atoms in total. The third kappa shape index (κ3) is 5.29. The van der Waals surface area contributed by atoms with Gasteiger partial charge < -0.3 is 10.1 Å². The van der Waals surface area contributed by atoms with Crippen LogP contribution in [0.1, 0.15) is 45.1 Å². The second kappa shape index (κ2) is 13.6. The lowest BCUT2D eigenvalue weighted by Gasteiger charge is -2.40. The van der Waals surface area contributed by atoms with Gasteiger partial charge in [-0.25, -0.2) is 9.98 Å². The van der Waals surface area contributed by atoms with Crippen molar-refractivity contribution >= 4 is 22.6 Å². The predicted octanol–water partition coefficient (Wildman–Crippen LogP) is 12.5. The highest BCUT2D eigenvalue weighted by Gasteiger charge is 2.51. The molecule has 5 heteroatoms. The molecule has 1 N–H and O–H groups in total. The molecule has 1 unspecified atom stereocenters. The van der Waals surface area contributed by atoms with Crippen molar-refractivity contribution in [3.05, 3.63) is 245 Å². The van der Waals surface area contributed by atoms with Crippen molar-refractivity contribution in [1.82, 2.24) is 10.3 Å². The van der Waals surface area contributed by atoms with Crippen LogP contribution in [-0.4, -0.2) is 16.7 Å². The van der Waals surface area contributed by atoms with E-state index in [1.165, 1.54) is 27.8 Å². The highest BCUT2D eigenvalue weighted by Crippen LogP contribution is 2.62. The van der Waals surface area contributed by atoms with E-state index < -0.39 is 5.41 Å². The van der Waals surface area contributed by atoms with E-state index in [0.29, 0.717) is 5.84 Å². The minimum absolute atomic E-state index is 0.357. The molecule has 9 aromatic rings. The summed E-state index contributed by atoms with van der Waals surface area (Å²) in [5.41, 5.74) is 14.8. The number of hydrogen-bond donors (Lipinski definition) is 1. The average Bonchev–Trinajstić information content (AvgIpc) is 3.62. The van der Waals surface area contributed by atoms with Crippen molar-refractivity contribution in [3.63, 3.8) is 0 Å². The standard InChI is InChI=1S/C55H36N4O/c1-3-13-35(14-4-1)36-24-26-39(27-25-36)53-57-52(38-15-5-2-6-16-38)58-54(59-53)41-29-31-50-48(34-41)55(45-22-9-7-19-43(45)44-20-8-10-23-46(44)55)47-33-40(28-30-49(47)60-50)42-21-11-17-37-18-12-32-56-51(37)42/h1-34,53H,(H,57,58,59). The van der Waals surface area contributed by atoms with Gasteiger partial charge in [0, 0.05) is 39.4 Å². The molecule has 0 saturated carbocycles. The number of benzene rings is 8. The number of rotatable bonds is 5. The van der Waals surface area contributed by atoms with Crippen LogP contribution in [0.15, 0.2) is 216 Å². The van der Waals surface area contributed by atoms with Gasteiger partial charge in [0.2, 0.25) is 0 Å². The van der Waals surface area contributed by atoms with E-state index in [-0.39, 0.29) is 6.17 Å². The fraction of sp³-hybridized carbons (Fsp3) is 0.0364. The summed E-state index contributed by atoms with van der Waals surface area (Å²) in [5.74, 6) is 3.08. The van der Waals surface area contributed by atoms with E-state index >= 15 is 0 Å². The summed E-state index contributed by atoms with van der Waals surface area (Å²) in [7, 11) is 0. The number of aliphatic imine (C=N–C) groups is 2. The predicted molar refractivity (Wildman–Crippen MR) is 242 cm³/mol. The lowest BCUT2D eigenvalue weighted by atomic mass is 9.65. The molecule has 12 rings (SSSR count). The second-order valence-corrected chi connectivity index (χ2v) is 15.6. The number of fused-ring (bicyclic) bond motifs is 10. The Labute approximate surface area is 348 Å². The first kappa shape index (κ1) is 34.2. The number of nitrogens with one attached hydrogen (secondary N) is 1. The Hall–Kier alpha value is -7.89. The van der Waals surface area contributed by atoms with Gasteiger partial charge in [0.05, 0.1) is 10.9 Å². The van der Waals surface area contributed by atoms with E-state index in [1.807, 2.05) is 36.5 Å². The number of aromatic nitrogens is 1. The first-order valence-corrected chi connectivity index (χ1v) is 20.4. The maximum atomic E-state index is 6.94. The van der Waals surface area contributed by atoms with E-state index in [9.17, 15) is 0 Å². The van der Waals surface area contributed by atoms with Crippen LogP contribution in [0.25, 0.3) is 44.3 Å². The molecule has 1 spiro atoms. The van der Waals surface area contributed by atoms with Gasteiger partial charge in [-0.05, 0) is 80.9 Å². The molecule has 0 saturated heterocycles. The van der Waals surface area contributed by atoms with Gasteiger partial charge in [-0.15, -0.1) is 0 Å². The van der Waals surface area contributed by atoms with E-state index in [2.05, 4.69) is 175 Å². The third-order valence-electron chi connectivity index (χ3n) is 12.3. The van der Waals surface area contributed by atoms with Crippen molar-refractivity contribution in [1.29, 1.82) is 0 Å². The summed E-state index contributed by atoms with van der Waals surface area (Å²) >= 11 is 0. The molecule has 0 bridgehead atoms. The number of amidine groups is 2. The van der Waals surface area contributed by atoms with E-state index in [1.54, 1.807) is 0 Å². The zero-order valence-electron chi connectivity index (χ0n) is 32.5. The van der Waals surface area contributed by atoms with Gasteiger partial charge in [-0.2, -0.15) is 0 Å². The molecule has 1 atom stereocenters. The summed E-state index contributed by atoms with van der Waals surface area (Å²) in [6.45, 7) is 0. The molecule has 8 aromatic carbocycles. The van der Waals surface area contributed by atoms with Crippen LogP contribution in [0, 0.1) is 0 Å². The molecular weight excluding hydrogens is 733 g/mol. The van der Waals surface area contributed by atoms with Crippen molar-refractivity contribution in [3.8, 4) is 44.9 Å². The molecule has 3 heterocycles. The highest BCUT2D eigenvalue weighted by atomic mass is 16.5. The first-order valence-electron chi connectivity index (χ1n) is 20.4. The maximum Gasteiger partial charge on any atom is 0.159 e. The largest absolute Gasteiger partial charge is 0.457 e. The van der Waals surface area contributed by atoms with Gasteiger partial charge in [0.15, 0.2) is 5.84 Å². The molecule has 1 aromatic heterocycles. The summed E-state index contributed by atoms with van der Waals surface area (Å²) in [6, 6.07) is 70.7. The minimum atomic E-state index is -0.688. The van der Waals surface area contributed by atoms with Crippen LogP contribution in [0.2, 0.25) is 0 Å². The molecule has 0 amide bonds. The Kier molecular flexibility index (Phi) is 7.75. The van der Waals surface area contributed by atoms with Gasteiger partial charge in [0.25, 0.3) is 0 Å². The number of para-hydroxylation sites is 1. The smallest absolute Gasteiger partial charge is 0.159 e. The molecule has 0 fully saturated rings. The zero-order chi connectivity index (χ0) is 39.6. The third-order valence-corrected chi connectivity index (χ3v) is 12.3. The van der Waals surface area contributed by atoms with Crippen molar-refractivity contribution in [2.75, 3.05) is 0 Å². The number of nitrogens with zero attached hydrogens (tertiary/aromatic N) is 3. The van der Waals surface area contributed by atoms with E-state index in [4.69, 9.17) is 19.7 Å². The van der Waals surface area contributed by atoms with Crippen LogP contribution in [-0.2, 0) is 5.41 Å². The molecule has 1 aliphatic carbocycles. The first-order chi connectivity index (χ1) is 29.7. The van der Waals surface area contributed by atoms with E-state index in [0.717, 1.165) is 72.7 Å². The monoisotopic (exact) mass is 768 g/mol. The molecular formula is C55H36N4O. The van der Waals surface area contributed by atoms with Gasteiger partial charge in [-0.1, -0.05) is 164 Å². The lowest BCUT2D eigenvalue weighted by molar-refractivity contribution is 0.436. The number of ether oxygens (including phenoxy) is 1. The average molecular weight is 769 g/mol. The number of pyridine rings is 1. The molecule has 3 aliphatic rings. The highest BCUT2D eigenvalue weighted by molar-refractivity contribution is 6.13. The Balaban J connectivity index is 1.06. The maximum absolute atomic E-state index is 6.94. The fourth-order valence-electron chi connectivity index (χ4n) is 9.53. The van der Waals surface area contributed by atoms with Crippen LogP contribution in [0.5, 0.6) is 11.5 Å². The van der Waals surface area contributed by atoms with Crippen LogP contribution in [0.4, 0.5) is 0 Å². The molecule has 0 radical (unpaired) electrons. The van der Waals surface area contributed by atoms with Gasteiger partial charge in [-0.3, -0.25) is 4.98 Å². The Morgan fingerprint density at radius 3 is 1.73 bits per heavy atom. The van der Waals surface area contributed by atoms with Crippen LogP contribution in [0.3, 0.4) is 0 Å². The summed E-state index contributed by atoms with van der Waals surface area (Å²) in [4.78, 5) is 15.4. The van der Waals surface area contributed by atoms with Crippen LogP contribution < -0.4 is 10.1 Å². The fourth-order valence-corrected chi connectivity index (χ4v) is 9.53.